The van der Waals surface area contributed by atoms with Crippen molar-refractivity contribution in [3.05, 3.63) is 40.8 Å². The molecule has 2 unspecified atom stereocenters. The van der Waals surface area contributed by atoms with Gasteiger partial charge in [0.1, 0.15) is 16.9 Å². The Morgan fingerprint density at radius 2 is 2.25 bits per heavy atom. The fourth-order valence-corrected chi connectivity index (χ4v) is 4.98. The molecular formula is C18H18FN5O3S. The number of nitrogens with one attached hydrogen (secondary N) is 1. The number of amides is 2. The zero-order valence-corrected chi connectivity index (χ0v) is 15.7. The van der Waals surface area contributed by atoms with Crippen molar-refractivity contribution in [2.45, 2.75) is 37.1 Å². The van der Waals surface area contributed by atoms with Gasteiger partial charge >= 0.3 is 6.03 Å². The van der Waals surface area contributed by atoms with Gasteiger partial charge in [0.25, 0.3) is 0 Å². The van der Waals surface area contributed by atoms with Crippen molar-refractivity contribution in [2.24, 2.45) is 0 Å². The quantitative estimate of drug-likeness (QED) is 0.747. The van der Waals surface area contributed by atoms with Crippen LogP contribution in [0.3, 0.4) is 0 Å². The zero-order valence-electron chi connectivity index (χ0n) is 14.9. The lowest BCUT2D eigenvalue weighted by molar-refractivity contribution is 0.181. The number of halogens is 1. The fraction of sp³-hybridized carbons (Fsp3) is 0.389. The van der Waals surface area contributed by atoms with Gasteiger partial charge in [-0.3, -0.25) is 8.89 Å². The Morgan fingerprint density at radius 1 is 1.43 bits per heavy atom. The molecule has 0 saturated heterocycles. The SMILES string of the molecule is N#Cc1cc(NC(=O)N2CCc3nn4c(c3C2)S(=O)CC(O)CC4)ccc1F. The molecule has 2 atom stereocenters. The van der Waals surface area contributed by atoms with E-state index in [1.807, 2.05) is 0 Å². The number of urea groups is 1. The van der Waals surface area contributed by atoms with E-state index < -0.39 is 22.7 Å². The first-order chi connectivity index (χ1) is 13.5. The molecule has 2 aliphatic rings. The van der Waals surface area contributed by atoms with E-state index in [2.05, 4.69) is 10.4 Å². The number of nitriles is 1. The maximum absolute atomic E-state index is 13.4. The molecule has 2 aromatic rings. The van der Waals surface area contributed by atoms with Gasteiger partial charge in [0.05, 0.1) is 40.5 Å². The van der Waals surface area contributed by atoms with E-state index in [4.69, 9.17) is 5.26 Å². The third-order valence-electron chi connectivity index (χ3n) is 4.91. The molecule has 0 saturated carbocycles. The highest BCUT2D eigenvalue weighted by Crippen LogP contribution is 2.28. The summed E-state index contributed by atoms with van der Waals surface area (Å²) < 4.78 is 27.8. The number of hydrogen-bond acceptors (Lipinski definition) is 5. The molecule has 0 aliphatic carbocycles. The van der Waals surface area contributed by atoms with E-state index in [1.165, 1.54) is 12.1 Å². The van der Waals surface area contributed by atoms with Crippen LogP contribution in [-0.4, -0.2) is 48.4 Å². The Morgan fingerprint density at radius 3 is 3.04 bits per heavy atom. The average Bonchev–Trinajstić information content (AvgIpc) is 2.98. The molecule has 0 spiro atoms. The fourth-order valence-electron chi connectivity index (χ4n) is 3.48. The lowest BCUT2D eigenvalue weighted by atomic mass is 10.1. The topological polar surface area (TPSA) is 111 Å². The summed E-state index contributed by atoms with van der Waals surface area (Å²) in [5, 5.41) is 26.6. The van der Waals surface area contributed by atoms with Gasteiger partial charge in [-0.15, -0.1) is 0 Å². The van der Waals surface area contributed by atoms with Crippen LogP contribution in [0, 0.1) is 17.1 Å². The molecule has 10 heteroatoms. The lowest BCUT2D eigenvalue weighted by Gasteiger charge is -2.27. The minimum Gasteiger partial charge on any atom is -0.392 e. The molecule has 2 amide bonds. The molecule has 3 heterocycles. The summed E-state index contributed by atoms with van der Waals surface area (Å²) in [6, 6.07) is 5.16. The van der Waals surface area contributed by atoms with Crippen LogP contribution in [0.4, 0.5) is 14.9 Å². The molecule has 2 aliphatic heterocycles. The summed E-state index contributed by atoms with van der Waals surface area (Å²) in [5.41, 5.74) is 1.78. The smallest absolute Gasteiger partial charge is 0.322 e. The maximum atomic E-state index is 13.4. The molecule has 2 N–H and O–H groups in total. The second-order valence-corrected chi connectivity index (χ2v) is 8.23. The molecule has 0 bridgehead atoms. The van der Waals surface area contributed by atoms with Gasteiger partial charge in [-0.25, -0.2) is 9.18 Å². The third kappa shape index (κ3) is 3.39. The van der Waals surface area contributed by atoms with Crippen molar-refractivity contribution < 1.29 is 18.5 Å². The number of aryl methyl sites for hydroxylation is 1. The highest BCUT2D eigenvalue weighted by Gasteiger charge is 2.32. The van der Waals surface area contributed by atoms with Crippen molar-refractivity contribution in [3.63, 3.8) is 0 Å². The highest BCUT2D eigenvalue weighted by atomic mass is 32.2. The first-order valence-corrected chi connectivity index (χ1v) is 10.2. The van der Waals surface area contributed by atoms with Crippen LogP contribution < -0.4 is 5.32 Å². The van der Waals surface area contributed by atoms with Crippen molar-refractivity contribution in [3.8, 4) is 6.07 Å². The predicted octanol–water partition coefficient (Wildman–Crippen LogP) is 1.36. The number of aliphatic hydroxyl groups is 1. The summed E-state index contributed by atoms with van der Waals surface area (Å²) in [6.07, 6.45) is 0.402. The molecule has 0 fully saturated rings. The van der Waals surface area contributed by atoms with Crippen LogP contribution in [-0.2, 0) is 30.3 Å². The van der Waals surface area contributed by atoms with Gasteiger partial charge < -0.3 is 15.3 Å². The van der Waals surface area contributed by atoms with E-state index >= 15 is 0 Å². The minimum atomic E-state index is -1.38. The summed E-state index contributed by atoms with van der Waals surface area (Å²) >= 11 is 0. The van der Waals surface area contributed by atoms with Crippen molar-refractivity contribution in [2.75, 3.05) is 17.6 Å². The number of rotatable bonds is 1. The van der Waals surface area contributed by atoms with Gasteiger partial charge in [0, 0.05) is 30.8 Å². The Hall–Kier alpha value is -2.77. The van der Waals surface area contributed by atoms with Crippen LogP contribution in [0.15, 0.2) is 23.2 Å². The number of aromatic nitrogens is 2. The maximum Gasteiger partial charge on any atom is 0.322 e. The van der Waals surface area contributed by atoms with Crippen LogP contribution >= 0.6 is 0 Å². The first kappa shape index (κ1) is 18.6. The first-order valence-electron chi connectivity index (χ1n) is 8.87. The standard InChI is InChI=1S/C18H18FN5O3S/c19-15-2-1-12(7-11(15)8-20)21-18(26)23-5-4-16-14(9-23)17-24(22-16)6-3-13(25)10-28(17)27/h1-2,7,13,25H,3-6,9-10H2,(H,21,26). The molecule has 1 aromatic carbocycles. The predicted molar refractivity (Wildman–Crippen MR) is 98.4 cm³/mol. The van der Waals surface area contributed by atoms with Crippen molar-refractivity contribution in [1.82, 2.24) is 14.7 Å². The Labute approximate surface area is 163 Å². The van der Waals surface area contributed by atoms with E-state index in [-0.39, 0.29) is 23.9 Å². The number of carbonyl (C=O) groups excluding carboxylic acids is 1. The molecule has 146 valence electrons. The largest absolute Gasteiger partial charge is 0.392 e. The van der Waals surface area contributed by atoms with Gasteiger partial charge in [-0.2, -0.15) is 10.4 Å². The monoisotopic (exact) mass is 403 g/mol. The Bertz CT molecular complexity index is 1020. The summed E-state index contributed by atoms with van der Waals surface area (Å²) in [7, 11) is -1.38. The van der Waals surface area contributed by atoms with Crippen molar-refractivity contribution in [1.29, 1.82) is 5.26 Å². The van der Waals surface area contributed by atoms with Crippen LogP contribution in [0.5, 0.6) is 0 Å². The minimum absolute atomic E-state index is 0.144. The highest BCUT2D eigenvalue weighted by molar-refractivity contribution is 7.85. The lowest BCUT2D eigenvalue weighted by Crippen LogP contribution is -2.39. The molecule has 1 aromatic heterocycles. The zero-order chi connectivity index (χ0) is 19.8. The van der Waals surface area contributed by atoms with Crippen LogP contribution in [0.25, 0.3) is 0 Å². The second-order valence-electron chi connectivity index (χ2n) is 6.82. The van der Waals surface area contributed by atoms with Gasteiger partial charge in [0.15, 0.2) is 0 Å². The number of nitrogens with zero attached hydrogens (tertiary/aromatic N) is 4. The molecular weight excluding hydrogens is 385 g/mol. The van der Waals surface area contributed by atoms with Crippen molar-refractivity contribution >= 4 is 22.5 Å². The summed E-state index contributed by atoms with van der Waals surface area (Å²) in [6.45, 7) is 1.19. The molecule has 4 rings (SSSR count). The Balaban J connectivity index is 1.54. The van der Waals surface area contributed by atoms with Gasteiger partial charge in [0.2, 0.25) is 0 Å². The number of hydrogen-bond donors (Lipinski definition) is 2. The van der Waals surface area contributed by atoms with Gasteiger partial charge in [-0.05, 0) is 24.6 Å². The second kappa shape index (κ2) is 7.33. The van der Waals surface area contributed by atoms with E-state index in [9.17, 15) is 18.5 Å². The van der Waals surface area contributed by atoms with E-state index in [0.717, 1.165) is 17.3 Å². The van der Waals surface area contributed by atoms with Crippen LogP contribution in [0.1, 0.15) is 23.2 Å². The van der Waals surface area contributed by atoms with Gasteiger partial charge in [-0.1, -0.05) is 0 Å². The number of aliphatic hydroxyl groups excluding tert-OH is 1. The number of anilines is 1. The average molecular weight is 403 g/mol. The Kier molecular flexibility index (Phi) is 4.87. The summed E-state index contributed by atoms with van der Waals surface area (Å²) in [4.78, 5) is 14.2. The molecule has 28 heavy (non-hydrogen) atoms. The molecule has 0 radical (unpaired) electrons. The normalized spacial score (nSPS) is 21.2. The summed E-state index contributed by atoms with van der Waals surface area (Å²) in [5.74, 6) is -0.480. The number of fused-ring (bicyclic) bond motifs is 3. The number of carbonyl (C=O) groups is 1. The molecule has 8 nitrogen and oxygen atoms in total. The van der Waals surface area contributed by atoms with E-state index in [1.54, 1.807) is 15.7 Å². The van der Waals surface area contributed by atoms with E-state index in [0.29, 0.717) is 36.6 Å². The number of benzene rings is 1. The third-order valence-corrected chi connectivity index (χ3v) is 6.48. The van der Waals surface area contributed by atoms with Crippen LogP contribution in [0.2, 0.25) is 0 Å².